The van der Waals surface area contributed by atoms with Crippen LogP contribution in [-0.2, 0) is 12.8 Å². The zero-order chi connectivity index (χ0) is 13.8. The molecule has 1 unspecified atom stereocenters. The fourth-order valence-electron chi connectivity index (χ4n) is 1.87. The zero-order valence-corrected chi connectivity index (χ0v) is 12.4. The molecule has 0 fully saturated rings. The van der Waals surface area contributed by atoms with Gasteiger partial charge in [-0.15, -0.1) is 11.3 Å². The number of thiophene rings is 1. The van der Waals surface area contributed by atoms with Crippen molar-refractivity contribution in [2.24, 2.45) is 5.84 Å². The van der Waals surface area contributed by atoms with Gasteiger partial charge in [-0.3, -0.25) is 11.3 Å². The second-order valence-electron chi connectivity index (χ2n) is 4.22. The molecule has 0 radical (unpaired) electrons. The second kappa shape index (κ2) is 6.56. The maximum atomic E-state index is 13.6. The van der Waals surface area contributed by atoms with E-state index in [0.717, 1.165) is 15.4 Å². The minimum atomic E-state index is -0.827. The number of rotatable bonds is 5. The summed E-state index contributed by atoms with van der Waals surface area (Å²) >= 11 is 4.98. The van der Waals surface area contributed by atoms with E-state index >= 15 is 0 Å². The zero-order valence-electron chi connectivity index (χ0n) is 10.00. The Balaban J connectivity index is 2.08. The standard InChI is InChI=1S/C13H13BrF2N2S/c14-9-5-11(19-7-9)6-10(18-17)4-8-2-1-3-12(15)13(8)16/h1-3,5,7,10,18H,4,6,17H2. The van der Waals surface area contributed by atoms with Gasteiger partial charge in [0.15, 0.2) is 11.6 Å². The van der Waals surface area contributed by atoms with Crippen LogP contribution in [-0.4, -0.2) is 6.04 Å². The van der Waals surface area contributed by atoms with Crippen LogP contribution in [0.3, 0.4) is 0 Å². The topological polar surface area (TPSA) is 38.0 Å². The molecule has 1 heterocycles. The van der Waals surface area contributed by atoms with Gasteiger partial charge in [-0.2, -0.15) is 0 Å². The molecule has 0 amide bonds. The van der Waals surface area contributed by atoms with Crippen LogP contribution in [0, 0.1) is 11.6 Å². The average Bonchev–Trinajstić information content (AvgIpc) is 2.79. The van der Waals surface area contributed by atoms with Crippen LogP contribution < -0.4 is 11.3 Å². The largest absolute Gasteiger partial charge is 0.271 e. The van der Waals surface area contributed by atoms with Crippen molar-refractivity contribution in [3.05, 3.63) is 56.2 Å². The number of nitrogens with one attached hydrogen (secondary N) is 1. The SMILES string of the molecule is NNC(Cc1cc(Br)cs1)Cc1cccc(F)c1F. The first-order chi connectivity index (χ1) is 9.10. The van der Waals surface area contributed by atoms with Gasteiger partial charge in [0.05, 0.1) is 0 Å². The van der Waals surface area contributed by atoms with E-state index in [-0.39, 0.29) is 6.04 Å². The third kappa shape index (κ3) is 3.82. The summed E-state index contributed by atoms with van der Waals surface area (Å²) in [5.74, 6) is 3.87. The monoisotopic (exact) mass is 346 g/mol. The first kappa shape index (κ1) is 14.6. The Labute approximate surface area is 122 Å². The third-order valence-corrected chi connectivity index (χ3v) is 4.52. The van der Waals surface area contributed by atoms with Crippen LogP contribution in [0.1, 0.15) is 10.4 Å². The Kier molecular flexibility index (Phi) is 5.04. The van der Waals surface area contributed by atoms with E-state index in [1.165, 1.54) is 6.07 Å². The fourth-order valence-corrected chi connectivity index (χ4v) is 3.40. The highest BCUT2D eigenvalue weighted by atomic mass is 79.9. The Morgan fingerprint density at radius 3 is 2.74 bits per heavy atom. The lowest BCUT2D eigenvalue weighted by atomic mass is 10.0. The smallest absolute Gasteiger partial charge is 0.162 e. The van der Waals surface area contributed by atoms with E-state index in [1.807, 2.05) is 11.4 Å². The summed E-state index contributed by atoms with van der Waals surface area (Å²) in [5.41, 5.74) is 2.99. The van der Waals surface area contributed by atoms with Crippen LogP contribution in [0.4, 0.5) is 8.78 Å². The Morgan fingerprint density at radius 1 is 1.32 bits per heavy atom. The summed E-state index contributed by atoms with van der Waals surface area (Å²) in [6.07, 6.45) is 1.01. The van der Waals surface area contributed by atoms with Gasteiger partial charge < -0.3 is 0 Å². The van der Waals surface area contributed by atoms with Crippen molar-refractivity contribution in [2.45, 2.75) is 18.9 Å². The number of benzene rings is 1. The molecule has 1 aromatic heterocycles. The second-order valence-corrected chi connectivity index (χ2v) is 6.13. The predicted molar refractivity (Wildman–Crippen MR) is 76.9 cm³/mol. The minimum absolute atomic E-state index is 0.137. The first-order valence-electron chi connectivity index (χ1n) is 5.72. The van der Waals surface area contributed by atoms with Crippen LogP contribution in [0.25, 0.3) is 0 Å². The lowest BCUT2D eigenvalue weighted by Crippen LogP contribution is -2.38. The molecule has 2 rings (SSSR count). The summed E-state index contributed by atoms with van der Waals surface area (Å²) in [7, 11) is 0. The molecule has 2 aromatic rings. The Hall–Kier alpha value is -0.820. The highest BCUT2D eigenvalue weighted by Crippen LogP contribution is 2.22. The van der Waals surface area contributed by atoms with Gasteiger partial charge >= 0.3 is 0 Å². The van der Waals surface area contributed by atoms with Crippen LogP contribution in [0.2, 0.25) is 0 Å². The molecular formula is C13H13BrF2N2S. The summed E-state index contributed by atoms with van der Waals surface area (Å²) in [6.45, 7) is 0. The van der Waals surface area contributed by atoms with Gasteiger partial charge in [0.2, 0.25) is 0 Å². The highest BCUT2D eigenvalue weighted by Gasteiger charge is 2.14. The predicted octanol–water partition coefficient (Wildman–Crippen LogP) is 3.41. The van der Waals surface area contributed by atoms with E-state index in [4.69, 9.17) is 5.84 Å². The van der Waals surface area contributed by atoms with Gasteiger partial charge in [0, 0.05) is 20.8 Å². The molecule has 2 nitrogen and oxygen atoms in total. The van der Waals surface area contributed by atoms with Crippen LogP contribution in [0.5, 0.6) is 0 Å². The summed E-state index contributed by atoms with van der Waals surface area (Å²) < 4.78 is 27.7. The van der Waals surface area contributed by atoms with Gasteiger partial charge in [-0.25, -0.2) is 8.78 Å². The normalized spacial score (nSPS) is 12.6. The molecule has 0 aliphatic rings. The molecule has 19 heavy (non-hydrogen) atoms. The number of nitrogens with two attached hydrogens (primary N) is 1. The summed E-state index contributed by atoms with van der Waals surface area (Å²) in [6, 6.07) is 6.05. The summed E-state index contributed by atoms with van der Waals surface area (Å²) in [4.78, 5) is 1.13. The molecule has 0 aliphatic carbocycles. The summed E-state index contributed by atoms with van der Waals surface area (Å²) in [5, 5.41) is 1.98. The molecule has 6 heteroatoms. The van der Waals surface area contributed by atoms with E-state index in [2.05, 4.69) is 21.4 Å². The Morgan fingerprint density at radius 2 is 2.11 bits per heavy atom. The van der Waals surface area contributed by atoms with Crippen molar-refractivity contribution in [3.8, 4) is 0 Å². The van der Waals surface area contributed by atoms with Crippen molar-refractivity contribution in [3.63, 3.8) is 0 Å². The molecular weight excluding hydrogens is 334 g/mol. The number of hydrogen-bond acceptors (Lipinski definition) is 3. The van der Waals surface area contributed by atoms with Crippen molar-refractivity contribution < 1.29 is 8.78 Å². The average molecular weight is 347 g/mol. The van der Waals surface area contributed by atoms with E-state index < -0.39 is 11.6 Å². The van der Waals surface area contributed by atoms with Crippen molar-refractivity contribution in [1.82, 2.24) is 5.43 Å². The molecule has 0 spiro atoms. The molecule has 0 aliphatic heterocycles. The Bertz CT molecular complexity index is 559. The molecule has 3 N–H and O–H groups in total. The van der Waals surface area contributed by atoms with Gasteiger partial charge in [-0.1, -0.05) is 12.1 Å². The number of hydrazine groups is 1. The van der Waals surface area contributed by atoms with Crippen molar-refractivity contribution >= 4 is 27.3 Å². The van der Waals surface area contributed by atoms with E-state index in [0.29, 0.717) is 18.4 Å². The van der Waals surface area contributed by atoms with E-state index in [1.54, 1.807) is 17.4 Å². The van der Waals surface area contributed by atoms with Gasteiger partial charge in [0.25, 0.3) is 0 Å². The first-order valence-corrected chi connectivity index (χ1v) is 7.39. The molecule has 1 atom stereocenters. The molecule has 102 valence electrons. The molecule has 1 aromatic carbocycles. The molecule has 0 saturated heterocycles. The van der Waals surface area contributed by atoms with E-state index in [9.17, 15) is 8.78 Å². The molecule has 0 bridgehead atoms. The number of hydrogen-bond donors (Lipinski definition) is 2. The third-order valence-electron chi connectivity index (χ3n) is 2.80. The number of halogens is 3. The van der Waals surface area contributed by atoms with Gasteiger partial charge in [-0.05, 0) is 46.5 Å². The minimum Gasteiger partial charge on any atom is -0.271 e. The van der Waals surface area contributed by atoms with Crippen LogP contribution in [0.15, 0.2) is 34.1 Å². The fraction of sp³-hybridized carbons (Fsp3) is 0.231. The molecule has 0 saturated carbocycles. The maximum absolute atomic E-state index is 13.6. The van der Waals surface area contributed by atoms with Crippen molar-refractivity contribution in [2.75, 3.05) is 0 Å². The highest BCUT2D eigenvalue weighted by molar-refractivity contribution is 9.10. The van der Waals surface area contributed by atoms with Crippen LogP contribution >= 0.6 is 27.3 Å². The lowest BCUT2D eigenvalue weighted by molar-refractivity contribution is 0.475. The maximum Gasteiger partial charge on any atom is 0.162 e. The quantitative estimate of drug-likeness (QED) is 0.643. The van der Waals surface area contributed by atoms with Crippen molar-refractivity contribution in [1.29, 1.82) is 0 Å². The lowest BCUT2D eigenvalue weighted by Gasteiger charge is -2.15. The van der Waals surface area contributed by atoms with Gasteiger partial charge in [0.1, 0.15) is 0 Å².